The molecule has 1 amide bonds. The van der Waals surface area contributed by atoms with Crippen LogP contribution in [-0.4, -0.2) is 44.0 Å². The van der Waals surface area contributed by atoms with Crippen LogP contribution >= 0.6 is 24.0 Å². The van der Waals surface area contributed by atoms with Crippen molar-refractivity contribution < 1.29 is 4.79 Å². The number of hydrogen-bond acceptors (Lipinski definition) is 2. The van der Waals surface area contributed by atoms with E-state index in [9.17, 15) is 4.79 Å². The lowest BCUT2D eigenvalue weighted by Crippen LogP contribution is -2.42. The predicted molar refractivity (Wildman–Crippen MR) is 134 cm³/mol. The maximum Gasteiger partial charge on any atom is 0.243 e. The van der Waals surface area contributed by atoms with Crippen molar-refractivity contribution in [1.82, 2.24) is 15.5 Å². The minimum atomic E-state index is -0.0103. The zero-order valence-corrected chi connectivity index (χ0v) is 20.4. The minimum absolute atomic E-state index is 0. The number of carbonyl (C=O) groups excluding carboxylic acids is 1. The van der Waals surface area contributed by atoms with Crippen LogP contribution in [0.2, 0.25) is 0 Å². The zero-order chi connectivity index (χ0) is 20.7. The largest absolute Gasteiger partial charge is 0.356 e. The molecule has 1 unspecified atom stereocenters. The third-order valence-corrected chi connectivity index (χ3v) is 5.53. The van der Waals surface area contributed by atoms with Gasteiger partial charge in [-0.1, -0.05) is 60.7 Å². The second-order valence-electron chi connectivity index (χ2n) is 8.25. The zero-order valence-electron chi connectivity index (χ0n) is 18.1. The number of guanidine groups is 1. The highest BCUT2D eigenvalue weighted by atomic mass is 127. The van der Waals surface area contributed by atoms with Gasteiger partial charge < -0.3 is 15.5 Å². The molecule has 0 bridgehead atoms. The Morgan fingerprint density at radius 1 is 1.07 bits per heavy atom. The number of hydrogen-bond donors (Lipinski definition) is 2. The summed E-state index contributed by atoms with van der Waals surface area (Å²) in [5.41, 5.74) is 2.84. The Balaban J connectivity index is 0.00000320. The molecule has 0 heterocycles. The van der Waals surface area contributed by atoms with Crippen LogP contribution in [0.15, 0.2) is 65.7 Å². The Kier molecular flexibility index (Phi) is 9.14. The monoisotopic (exact) mass is 520 g/mol. The molecular formula is C24H33IN4O. The van der Waals surface area contributed by atoms with Crippen molar-refractivity contribution in [2.24, 2.45) is 10.4 Å². The Labute approximate surface area is 197 Å². The maximum absolute atomic E-state index is 12.0. The molecule has 1 saturated carbocycles. The van der Waals surface area contributed by atoms with Crippen LogP contribution in [0, 0.1) is 5.41 Å². The minimum Gasteiger partial charge on any atom is -0.356 e. The van der Waals surface area contributed by atoms with E-state index in [0.717, 1.165) is 13.0 Å². The molecule has 1 atom stereocenters. The Hall–Kier alpha value is -2.09. The van der Waals surface area contributed by atoms with Crippen LogP contribution in [0.3, 0.4) is 0 Å². The smallest absolute Gasteiger partial charge is 0.243 e. The van der Waals surface area contributed by atoms with Crippen molar-refractivity contribution in [3.63, 3.8) is 0 Å². The predicted octanol–water partition coefficient (Wildman–Crippen LogP) is 4.01. The van der Waals surface area contributed by atoms with Gasteiger partial charge in [0.25, 0.3) is 0 Å². The van der Waals surface area contributed by atoms with Crippen molar-refractivity contribution >= 4 is 35.8 Å². The van der Waals surface area contributed by atoms with Gasteiger partial charge in [-0.05, 0) is 42.7 Å². The number of benzene rings is 2. The molecule has 0 spiro atoms. The molecule has 2 aromatic rings. The number of carbonyl (C=O) groups is 1. The SMILES string of the molecule is CC(NC(=NCC(=O)N(C)C)NCC1(Cc2ccccc2)CC1)c1ccccc1.I. The summed E-state index contributed by atoms with van der Waals surface area (Å²) in [6.45, 7) is 3.10. The highest BCUT2D eigenvalue weighted by Crippen LogP contribution is 2.47. The van der Waals surface area contributed by atoms with Gasteiger partial charge in [-0.2, -0.15) is 0 Å². The molecule has 3 rings (SSSR count). The fourth-order valence-corrected chi connectivity index (χ4v) is 3.36. The fourth-order valence-electron chi connectivity index (χ4n) is 3.36. The number of nitrogens with zero attached hydrogens (tertiary/aromatic N) is 2. The summed E-state index contributed by atoms with van der Waals surface area (Å²) in [6.07, 6.45) is 3.50. The van der Waals surface area contributed by atoms with Crippen LogP contribution in [0.5, 0.6) is 0 Å². The molecule has 1 fully saturated rings. The van der Waals surface area contributed by atoms with Crippen LogP contribution in [0.1, 0.15) is 36.9 Å². The number of rotatable bonds is 8. The molecule has 0 saturated heterocycles. The molecule has 1 aliphatic rings. The van der Waals surface area contributed by atoms with Gasteiger partial charge in [0.05, 0.1) is 6.04 Å². The average molecular weight is 520 g/mol. The second-order valence-corrected chi connectivity index (χ2v) is 8.25. The van der Waals surface area contributed by atoms with E-state index in [4.69, 9.17) is 0 Å². The van der Waals surface area contributed by atoms with Gasteiger partial charge in [0, 0.05) is 20.6 Å². The lowest BCUT2D eigenvalue weighted by molar-refractivity contribution is -0.127. The summed E-state index contributed by atoms with van der Waals surface area (Å²) in [4.78, 5) is 18.1. The van der Waals surface area contributed by atoms with Crippen molar-refractivity contribution in [3.05, 3.63) is 71.8 Å². The van der Waals surface area contributed by atoms with Gasteiger partial charge in [0.15, 0.2) is 5.96 Å². The topological polar surface area (TPSA) is 56.7 Å². The molecule has 0 aromatic heterocycles. The third-order valence-electron chi connectivity index (χ3n) is 5.53. The second kappa shape index (κ2) is 11.3. The van der Waals surface area contributed by atoms with Crippen LogP contribution in [0.4, 0.5) is 0 Å². The normalized spacial score (nSPS) is 15.5. The van der Waals surface area contributed by atoms with E-state index in [1.54, 1.807) is 19.0 Å². The fraction of sp³-hybridized carbons (Fsp3) is 0.417. The molecule has 162 valence electrons. The Morgan fingerprint density at radius 3 is 2.23 bits per heavy atom. The van der Waals surface area contributed by atoms with Crippen molar-refractivity contribution in [2.75, 3.05) is 27.2 Å². The summed E-state index contributed by atoms with van der Waals surface area (Å²) < 4.78 is 0. The van der Waals surface area contributed by atoms with E-state index < -0.39 is 0 Å². The number of likely N-dealkylation sites (N-methyl/N-ethyl adjacent to an activating group) is 1. The average Bonchev–Trinajstić information content (AvgIpc) is 3.50. The third kappa shape index (κ3) is 7.31. The summed E-state index contributed by atoms with van der Waals surface area (Å²) in [6, 6.07) is 21.0. The molecule has 2 aromatic carbocycles. The van der Waals surface area contributed by atoms with E-state index >= 15 is 0 Å². The number of aliphatic imine (C=N–C) groups is 1. The van der Waals surface area contributed by atoms with E-state index in [1.165, 1.54) is 24.0 Å². The van der Waals surface area contributed by atoms with E-state index in [1.807, 2.05) is 18.2 Å². The van der Waals surface area contributed by atoms with Gasteiger partial charge in [0.1, 0.15) is 6.54 Å². The van der Waals surface area contributed by atoms with E-state index in [2.05, 4.69) is 65.0 Å². The Bertz CT molecular complexity index is 820. The van der Waals surface area contributed by atoms with Gasteiger partial charge in [0.2, 0.25) is 5.91 Å². The van der Waals surface area contributed by atoms with Crippen LogP contribution in [0.25, 0.3) is 0 Å². The van der Waals surface area contributed by atoms with Crippen LogP contribution in [-0.2, 0) is 11.2 Å². The molecular weight excluding hydrogens is 487 g/mol. The molecule has 30 heavy (non-hydrogen) atoms. The van der Waals surface area contributed by atoms with Gasteiger partial charge in [-0.3, -0.25) is 4.79 Å². The molecule has 1 aliphatic carbocycles. The summed E-state index contributed by atoms with van der Waals surface area (Å²) >= 11 is 0. The highest BCUT2D eigenvalue weighted by Gasteiger charge is 2.42. The van der Waals surface area contributed by atoms with Crippen molar-refractivity contribution in [3.8, 4) is 0 Å². The molecule has 0 radical (unpaired) electrons. The first-order valence-corrected chi connectivity index (χ1v) is 10.3. The summed E-state index contributed by atoms with van der Waals surface area (Å²) in [5.74, 6) is 0.680. The first-order valence-electron chi connectivity index (χ1n) is 10.3. The lowest BCUT2D eigenvalue weighted by atomic mass is 9.96. The summed E-state index contributed by atoms with van der Waals surface area (Å²) in [5, 5.41) is 6.97. The maximum atomic E-state index is 12.0. The van der Waals surface area contributed by atoms with Gasteiger partial charge >= 0.3 is 0 Å². The van der Waals surface area contributed by atoms with Gasteiger partial charge in [-0.25, -0.2) is 4.99 Å². The first kappa shape index (κ1) is 24.2. The molecule has 5 nitrogen and oxygen atoms in total. The molecule has 0 aliphatic heterocycles. The van der Waals surface area contributed by atoms with E-state index in [0.29, 0.717) is 5.96 Å². The summed E-state index contributed by atoms with van der Waals surface area (Å²) in [7, 11) is 3.51. The van der Waals surface area contributed by atoms with Crippen molar-refractivity contribution in [2.45, 2.75) is 32.2 Å². The lowest BCUT2D eigenvalue weighted by Gasteiger charge is -2.22. The van der Waals surface area contributed by atoms with Crippen molar-refractivity contribution in [1.29, 1.82) is 0 Å². The molecule has 6 heteroatoms. The highest BCUT2D eigenvalue weighted by molar-refractivity contribution is 14.0. The Morgan fingerprint density at radius 2 is 1.67 bits per heavy atom. The van der Waals surface area contributed by atoms with Crippen LogP contribution < -0.4 is 10.6 Å². The standard InChI is InChI=1S/C24H32N4O.HI/c1-19(21-12-8-5-9-13-21)27-23(25-17-22(29)28(2)3)26-18-24(14-15-24)16-20-10-6-4-7-11-20;/h4-13,19H,14-18H2,1-3H3,(H2,25,26,27);1H. The first-order chi connectivity index (χ1) is 14.0. The quantitative estimate of drug-likeness (QED) is 0.314. The van der Waals surface area contributed by atoms with Gasteiger partial charge in [-0.15, -0.1) is 24.0 Å². The number of nitrogens with one attached hydrogen (secondary N) is 2. The van der Waals surface area contributed by atoms with E-state index in [-0.39, 0.29) is 47.9 Å². The molecule has 2 N–H and O–H groups in total. The number of amides is 1. The number of halogens is 1.